The number of halogens is 1. The highest BCUT2D eigenvalue weighted by molar-refractivity contribution is 9.10. The van der Waals surface area contributed by atoms with Crippen LogP contribution in [-0.2, 0) is 10.3 Å². The van der Waals surface area contributed by atoms with E-state index in [1.165, 1.54) is 0 Å². The van der Waals surface area contributed by atoms with Gasteiger partial charge in [0.05, 0.1) is 7.11 Å². The molecule has 0 spiro atoms. The first-order valence-corrected chi connectivity index (χ1v) is 8.69. The molecular formula is C17H21BrN2O3. The van der Waals surface area contributed by atoms with Crippen LogP contribution in [-0.4, -0.2) is 44.3 Å². The molecule has 2 aliphatic rings. The van der Waals surface area contributed by atoms with Gasteiger partial charge in [-0.3, -0.25) is 4.90 Å². The Labute approximate surface area is 144 Å². The maximum atomic E-state index is 11.0. The highest BCUT2D eigenvalue weighted by atomic mass is 79.9. The zero-order chi connectivity index (χ0) is 16.4. The molecule has 1 saturated carbocycles. The second kappa shape index (κ2) is 6.63. The van der Waals surface area contributed by atoms with Crippen LogP contribution in [0.5, 0.6) is 11.5 Å². The van der Waals surface area contributed by atoms with Crippen LogP contribution in [0, 0.1) is 0 Å². The Morgan fingerprint density at radius 1 is 1.35 bits per heavy atom. The lowest BCUT2D eigenvalue weighted by Crippen LogP contribution is -2.51. The molecule has 23 heavy (non-hydrogen) atoms. The van der Waals surface area contributed by atoms with Crippen molar-refractivity contribution < 1.29 is 14.3 Å². The summed E-state index contributed by atoms with van der Waals surface area (Å²) in [4.78, 5) is 17.4. The minimum absolute atomic E-state index is 0.146. The topological polar surface area (TPSA) is 51.1 Å². The highest BCUT2D eigenvalue weighted by Gasteiger charge is 2.40. The van der Waals surface area contributed by atoms with E-state index in [2.05, 4.69) is 32.9 Å². The molecule has 0 N–H and O–H groups in total. The molecule has 0 aromatic heterocycles. The fourth-order valence-corrected chi connectivity index (χ4v) is 4.00. The minimum atomic E-state index is -0.538. The Kier molecular flexibility index (Phi) is 4.76. The van der Waals surface area contributed by atoms with Gasteiger partial charge in [0.15, 0.2) is 11.5 Å². The van der Waals surface area contributed by atoms with Crippen LogP contribution in [0.15, 0.2) is 21.6 Å². The van der Waals surface area contributed by atoms with Gasteiger partial charge in [0.2, 0.25) is 6.08 Å². The van der Waals surface area contributed by atoms with Crippen molar-refractivity contribution in [1.82, 2.24) is 4.90 Å². The Balaban J connectivity index is 2.06. The lowest BCUT2D eigenvalue weighted by Gasteiger charge is -2.37. The van der Waals surface area contributed by atoms with Crippen molar-refractivity contribution in [2.75, 3.05) is 27.2 Å². The van der Waals surface area contributed by atoms with Crippen molar-refractivity contribution in [2.45, 2.75) is 37.3 Å². The van der Waals surface area contributed by atoms with Crippen LogP contribution >= 0.6 is 15.9 Å². The zero-order valence-electron chi connectivity index (χ0n) is 13.5. The van der Waals surface area contributed by atoms with Crippen LogP contribution in [0.25, 0.3) is 0 Å². The van der Waals surface area contributed by atoms with Gasteiger partial charge in [0, 0.05) is 23.1 Å². The maximum Gasteiger partial charge on any atom is 0.235 e. The van der Waals surface area contributed by atoms with Crippen LogP contribution in [0.4, 0.5) is 0 Å². The lowest BCUT2D eigenvalue weighted by molar-refractivity contribution is 0.0353. The van der Waals surface area contributed by atoms with E-state index in [-0.39, 0.29) is 6.10 Å². The van der Waals surface area contributed by atoms with Gasteiger partial charge < -0.3 is 9.47 Å². The van der Waals surface area contributed by atoms with Crippen LogP contribution in [0.3, 0.4) is 0 Å². The van der Waals surface area contributed by atoms with Gasteiger partial charge in [-0.15, -0.1) is 0 Å². The summed E-state index contributed by atoms with van der Waals surface area (Å²) in [5.74, 6) is 1.39. The summed E-state index contributed by atoms with van der Waals surface area (Å²) in [7, 11) is 3.70. The number of aliphatic imine (C=N–C) groups is 1. The van der Waals surface area contributed by atoms with Crippen LogP contribution < -0.4 is 9.47 Å². The van der Waals surface area contributed by atoms with E-state index in [0.717, 1.165) is 54.6 Å². The Morgan fingerprint density at radius 2 is 2.04 bits per heavy atom. The Bertz CT molecular complexity index is 631. The van der Waals surface area contributed by atoms with Crippen molar-refractivity contribution in [3.8, 4) is 11.5 Å². The second-order valence-electron chi connectivity index (χ2n) is 6.39. The molecule has 124 valence electrons. The first-order chi connectivity index (χ1) is 11.1. The summed E-state index contributed by atoms with van der Waals surface area (Å²) >= 11 is 3.53. The van der Waals surface area contributed by atoms with E-state index in [0.29, 0.717) is 5.75 Å². The molecule has 3 rings (SSSR count). The average Bonchev–Trinajstić information content (AvgIpc) is 2.96. The third-order valence-electron chi connectivity index (χ3n) is 4.75. The van der Waals surface area contributed by atoms with E-state index < -0.39 is 5.54 Å². The van der Waals surface area contributed by atoms with Crippen molar-refractivity contribution in [3.05, 3.63) is 22.2 Å². The number of likely N-dealkylation sites (tertiary alicyclic amines) is 1. The number of isocyanates is 1. The molecule has 0 atom stereocenters. The van der Waals surface area contributed by atoms with Gasteiger partial charge >= 0.3 is 0 Å². The quantitative estimate of drug-likeness (QED) is 0.581. The summed E-state index contributed by atoms with van der Waals surface area (Å²) in [6.45, 7) is 1.78. The fraction of sp³-hybridized carbons (Fsp3) is 0.588. The van der Waals surface area contributed by atoms with E-state index in [1.54, 1.807) is 13.2 Å². The lowest BCUT2D eigenvalue weighted by atomic mass is 9.88. The molecule has 0 bridgehead atoms. The average molecular weight is 381 g/mol. The molecule has 1 heterocycles. The molecule has 1 aliphatic carbocycles. The van der Waals surface area contributed by atoms with Gasteiger partial charge in [0.1, 0.15) is 11.6 Å². The fourth-order valence-electron chi connectivity index (χ4n) is 3.56. The molecule has 0 unspecified atom stereocenters. The summed E-state index contributed by atoms with van der Waals surface area (Å²) in [5, 5.41) is 0. The number of likely N-dealkylation sites (N-methyl/N-ethyl adjacent to an activating group) is 1. The molecule has 6 heteroatoms. The van der Waals surface area contributed by atoms with E-state index in [1.807, 2.05) is 12.1 Å². The second-order valence-corrected chi connectivity index (χ2v) is 7.30. The van der Waals surface area contributed by atoms with Crippen molar-refractivity contribution in [2.24, 2.45) is 4.99 Å². The van der Waals surface area contributed by atoms with Crippen LogP contribution in [0.2, 0.25) is 0 Å². The van der Waals surface area contributed by atoms with E-state index in [9.17, 15) is 4.79 Å². The van der Waals surface area contributed by atoms with Gasteiger partial charge in [-0.05, 0) is 32.0 Å². The maximum absolute atomic E-state index is 11.0. The number of hydrogen-bond acceptors (Lipinski definition) is 5. The predicted octanol–water partition coefficient (Wildman–Crippen LogP) is 3.26. The Hall–Kier alpha value is -1.36. The summed E-state index contributed by atoms with van der Waals surface area (Å²) in [5.41, 5.74) is 0.392. The first-order valence-electron chi connectivity index (χ1n) is 7.90. The standard InChI is InChI=1S/C17H21BrN2O3/c1-20-9-13(10-20)23-16-14(7-12(18)8-15(16)22-2)17(19-11-21)5-3-4-6-17/h7-8,13H,3-6,9-10H2,1-2H3. The van der Waals surface area contributed by atoms with Gasteiger partial charge in [0.25, 0.3) is 0 Å². The van der Waals surface area contributed by atoms with Gasteiger partial charge in [-0.2, -0.15) is 4.99 Å². The summed E-state index contributed by atoms with van der Waals surface area (Å²) < 4.78 is 12.7. The van der Waals surface area contributed by atoms with E-state index >= 15 is 0 Å². The summed E-state index contributed by atoms with van der Waals surface area (Å²) in [6.07, 6.45) is 5.69. The largest absolute Gasteiger partial charge is 0.493 e. The molecule has 1 saturated heterocycles. The van der Waals surface area contributed by atoms with Crippen molar-refractivity contribution in [3.63, 3.8) is 0 Å². The Morgan fingerprint density at radius 3 is 2.61 bits per heavy atom. The minimum Gasteiger partial charge on any atom is -0.493 e. The highest BCUT2D eigenvalue weighted by Crippen LogP contribution is 2.50. The number of ether oxygens (including phenoxy) is 2. The van der Waals surface area contributed by atoms with Gasteiger partial charge in [-0.25, -0.2) is 4.79 Å². The SMILES string of the molecule is COc1cc(Br)cc(C2(N=C=O)CCCC2)c1OC1CN(C)C1. The van der Waals surface area contributed by atoms with Crippen LogP contribution in [0.1, 0.15) is 31.2 Å². The smallest absolute Gasteiger partial charge is 0.235 e. The number of carbonyl (C=O) groups excluding carboxylic acids is 1. The molecular weight excluding hydrogens is 360 g/mol. The molecule has 5 nitrogen and oxygen atoms in total. The number of benzene rings is 1. The molecule has 2 fully saturated rings. The van der Waals surface area contributed by atoms with E-state index in [4.69, 9.17) is 9.47 Å². The first kappa shape index (κ1) is 16.5. The third-order valence-corrected chi connectivity index (χ3v) is 5.20. The number of nitrogens with zero attached hydrogens (tertiary/aromatic N) is 2. The summed E-state index contributed by atoms with van der Waals surface area (Å²) in [6, 6.07) is 3.90. The molecule has 0 radical (unpaired) electrons. The monoisotopic (exact) mass is 380 g/mol. The third kappa shape index (κ3) is 3.16. The number of hydrogen-bond donors (Lipinski definition) is 0. The molecule has 1 aliphatic heterocycles. The zero-order valence-corrected chi connectivity index (χ0v) is 15.1. The predicted molar refractivity (Wildman–Crippen MR) is 90.9 cm³/mol. The molecule has 0 amide bonds. The number of methoxy groups -OCH3 is 1. The molecule has 1 aromatic carbocycles. The molecule has 1 aromatic rings. The van der Waals surface area contributed by atoms with Crippen molar-refractivity contribution >= 4 is 22.0 Å². The normalized spacial score (nSPS) is 20.7. The van der Waals surface area contributed by atoms with Crippen molar-refractivity contribution in [1.29, 1.82) is 0 Å². The number of rotatable bonds is 5. The van der Waals surface area contributed by atoms with Gasteiger partial charge in [-0.1, -0.05) is 28.8 Å².